The van der Waals surface area contributed by atoms with Crippen LogP contribution in [0.2, 0.25) is 0 Å². The van der Waals surface area contributed by atoms with Crippen LogP contribution in [0.3, 0.4) is 0 Å². The van der Waals surface area contributed by atoms with E-state index in [0.717, 1.165) is 44.9 Å². The van der Waals surface area contributed by atoms with Gasteiger partial charge in [0.1, 0.15) is 0 Å². The van der Waals surface area contributed by atoms with E-state index < -0.39 is 12.1 Å². The number of unbranched alkanes of at least 4 members (excludes halogenated alkanes) is 43. The van der Waals surface area contributed by atoms with Crippen LogP contribution in [0.5, 0.6) is 0 Å². The zero-order valence-corrected chi connectivity index (χ0v) is 45.1. The Labute approximate surface area is 418 Å². The molecule has 396 valence electrons. The Morgan fingerprint density at radius 3 is 1.10 bits per heavy atom. The van der Waals surface area contributed by atoms with Gasteiger partial charge >= 0.3 is 5.97 Å². The Morgan fingerprint density at radius 2 is 0.716 bits per heavy atom. The van der Waals surface area contributed by atoms with E-state index in [2.05, 4.69) is 31.3 Å². The third kappa shape index (κ3) is 53.5. The maximum atomic E-state index is 12.5. The summed E-state index contributed by atoms with van der Waals surface area (Å²) in [7, 11) is 0. The average molecular weight is 945 g/mol. The van der Waals surface area contributed by atoms with Crippen molar-refractivity contribution in [1.29, 1.82) is 0 Å². The first kappa shape index (κ1) is 65.3. The van der Waals surface area contributed by atoms with E-state index in [0.29, 0.717) is 19.4 Å². The monoisotopic (exact) mass is 944 g/mol. The van der Waals surface area contributed by atoms with E-state index in [-0.39, 0.29) is 18.5 Å². The second-order valence-corrected chi connectivity index (χ2v) is 20.7. The molecular formula is C61H117NO5. The standard InChI is InChI=1S/C61H117NO5/c1-3-5-7-9-11-13-15-16-17-24-27-30-34-37-41-45-49-53-59(64)58(57-63)62-60(65)54-50-46-42-38-35-31-28-25-22-20-18-19-21-23-26-29-32-36-40-44-48-52-56-67-61(66)55-51-47-43-39-33-14-12-10-8-6-4-2/h10,12,49,53,58-59,63-64H,3-9,11,13-48,50-52,54-57H2,1-2H3,(H,62,65)/b12-10-,53-49+. The van der Waals surface area contributed by atoms with Crippen molar-refractivity contribution in [2.24, 2.45) is 0 Å². The first-order valence-corrected chi connectivity index (χ1v) is 30.1. The van der Waals surface area contributed by atoms with Gasteiger partial charge < -0.3 is 20.3 Å². The maximum absolute atomic E-state index is 12.5. The quantitative estimate of drug-likeness (QED) is 0.0321. The lowest BCUT2D eigenvalue weighted by molar-refractivity contribution is -0.143. The summed E-state index contributed by atoms with van der Waals surface area (Å²) in [5.74, 6) is -0.0644. The lowest BCUT2D eigenvalue weighted by Crippen LogP contribution is -2.45. The summed E-state index contributed by atoms with van der Waals surface area (Å²) >= 11 is 0. The van der Waals surface area contributed by atoms with Crippen molar-refractivity contribution >= 4 is 11.9 Å². The van der Waals surface area contributed by atoms with Gasteiger partial charge in [-0.1, -0.05) is 289 Å². The molecule has 6 nitrogen and oxygen atoms in total. The molecule has 3 N–H and O–H groups in total. The Morgan fingerprint density at radius 1 is 0.403 bits per heavy atom. The zero-order chi connectivity index (χ0) is 48.6. The Kier molecular flexibility index (Phi) is 55.5. The van der Waals surface area contributed by atoms with Crippen molar-refractivity contribution in [2.45, 2.75) is 341 Å². The van der Waals surface area contributed by atoms with Crippen molar-refractivity contribution in [3.05, 3.63) is 24.3 Å². The highest BCUT2D eigenvalue weighted by molar-refractivity contribution is 5.76. The molecule has 0 saturated heterocycles. The van der Waals surface area contributed by atoms with Gasteiger partial charge in [0, 0.05) is 12.8 Å². The molecule has 0 aromatic rings. The first-order valence-electron chi connectivity index (χ1n) is 30.1. The Balaban J connectivity index is 3.41. The van der Waals surface area contributed by atoms with Gasteiger partial charge in [0.15, 0.2) is 0 Å². The van der Waals surface area contributed by atoms with Crippen LogP contribution >= 0.6 is 0 Å². The number of nitrogens with one attached hydrogen (secondary N) is 1. The number of esters is 1. The maximum Gasteiger partial charge on any atom is 0.305 e. The summed E-state index contributed by atoms with van der Waals surface area (Å²) in [5.41, 5.74) is 0. The van der Waals surface area contributed by atoms with Crippen LogP contribution in [-0.2, 0) is 14.3 Å². The molecule has 0 aliphatic rings. The summed E-state index contributed by atoms with van der Waals surface area (Å²) in [6.07, 6.45) is 69.2. The minimum absolute atomic E-state index is 0.00176. The Bertz CT molecular complexity index is 1040. The van der Waals surface area contributed by atoms with E-state index in [9.17, 15) is 19.8 Å². The number of aliphatic hydroxyl groups is 2. The minimum atomic E-state index is -0.844. The van der Waals surface area contributed by atoms with Gasteiger partial charge in [-0.15, -0.1) is 0 Å². The number of aliphatic hydroxyl groups excluding tert-OH is 2. The molecule has 2 atom stereocenters. The predicted octanol–water partition coefficient (Wildman–Crippen LogP) is 18.6. The topological polar surface area (TPSA) is 95.9 Å². The summed E-state index contributed by atoms with van der Waals surface area (Å²) < 4.78 is 5.46. The van der Waals surface area contributed by atoms with Gasteiger partial charge in [0.2, 0.25) is 5.91 Å². The van der Waals surface area contributed by atoms with Crippen LogP contribution in [0.1, 0.15) is 328 Å². The van der Waals surface area contributed by atoms with Gasteiger partial charge in [-0.2, -0.15) is 0 Å². The molecule has 0 aliphatic carbocycles. The van der Waals surface area contributed by atoms with Crippen LogP contribution < -0.4 is 5.32 Å². The van der Waals surface area contributed by atoms with Crippen molar-refractivity contribution in [3.8, 4) is 0 Å². The molecule has 6 heteroatoms. The number of hydrogen-bond donors (Lipinski definition) is 3. The second-order valence-electron chi connectivity index (χ2n) is 20.7. The lowest BCUT2D eigenvalue weighted by Gasteiger charge is -2.20. The number of amides is 1. The SMILES string of the molecule is CCCC/C=C\CCCCCCCC(=O)OCCCCCCCCCCCCCCCCCCCCCCCCC(=O)NC(CO)C(O)/C=C/CCCCCCCCCCCCCCCCC. The second kappa shape index (κ2) is 56.9. The molecule has 0 rings (SSSR count). The first-order chi connectivity index (χ1) is 33.0. The number of allylic oxidation sites excluding steroid dienone is 3. The van der Waals surface area contributed by atoms with Gasteiger partial charge in [-0.05, 0) is 51.4 Å². The van der Waals surface area contributed by atoms with Crippen molar-refractivity contribution in [2.75, 3.05) is 13.2 Å². The van der Waals surface area contributed by atoms with E-state index in [1.54, 1.807) is 6.08 Å². The fraction of sp³-hybridized carbons (Fsp3) is 0.902. The van der Waals surface area contributed by atoms with Gasteiger partial charge in [-0.25, -0.2) is 0 Å². The molecule has 0 bridgehead atoms. The normalized spacial score (nSPS) is 12.7. The highest BCUT2D eigenvalue weighted by Crippen LogP contribution is 2.17. The summed E-state index contributed by atoms with van der Waals surface area (Å²) in [5, 5.41) is 23.2. The number of carbonyl (C=O) groups excluding carboxylic acids is 2. The smallest absolute Gasteiger partial charge is 0.305 e. The minimum Gasteiger partial charge on any atom is -0.466 e. The summed E-state index contributed by atoms with van der Waals surface area (Å²) in [4.78, 5) is 24.5. The largest absolute Gasteiger partial charge is 0.466 e. The molecule has 0 aromatic heterocycles. The van der Waals surface area contributed by atoms with Crippen LogP contribution in [-0.4, -0.2) is 47.4 Å². The fourth-order valence-electron chi connectivity index (χ4n) is 9.32. The van der Waals surface area contributed by atoms with E-state index in [1.807, 2.05) is 6.08 Å². The molecule has 1 amide bonds. The third-order valence-corrected chi connectivity index (χ3v) is 14.0. The molecule has 67 heavy (non-hydrogen) atoms. The molecule has 0 spiro atoms. The van der Waals surface area contributed by atoms with Crippen molar-refractivity contribution in [3.63, 3.8) is 0 Å². The van der Waals surface area contributed by atoms with Gasteiger partial charge in [-0.3, -0.25) is 9.59 Å². The summed E-state index contributed by atoms with van der Waals surface area (Å²) in [6.45, 7) is 4.88. The average Bonchev–Trinajstić information content (AvgIpc) is 3.33. The van der Waals surface area contributed by atoms with Gasteiger partial charge in [0.05, 0.1) is 25.4 Å². The zero-order valence-electron chi connectivity index (χ0n) is 45.1. The molecule has 0 radical (unpaired) electrons. The molecule has 2 unspecified atom stereocenters. The molecular weight excluding hydrogens is 827 g/mol. The van der Waals surface area contributed by atoms with E-state index in [4.69, 9.17) is 4.74 Å². The van der Waals surface area contributed by atoms with Crippen LogP contribution in [0, 0.1) is 0 Å². The third-order valence-electron chi connectivity index (χ3n) is 14.0. The molecule has 0 aliphatic heterocycles. The van der Waals surface area contributed by atoms with E-state index in [1.165, 1.54) is 257 Å². The molecule has 0 fully saturated rings. The van der Waals surface area contributed by atoms with Crippen molar-refractivity contribution < 1.29 is 24.5 Å². The predicted molar refractivity (Wildman–Crippen MR) is 292 cm³/mol. The van der Waals surface area contributed by atoms with E-state index >= 15 is 0 Å². The Hall–Kier alpha value is -1.66. The van der Waals surface area contributed by atoms with Crippen LogP contribution in [0.15, 0.2) is 24.3 Å². The van der Waals surface area contributed by atoms with Crippen molar-refractivity contribution in [1.82, 2.24) is 5.32 Å². The lowest BCUT2D eigenvalue weighted by atomic mass is 10.0. The van der Waals surface area contributed by atoms with Crippen LogP contribution in [0.25, 0.3) is 0 Å². The summed E-state index contributed by atoms with van der Waals surface area (Å²) in [6, 6.07) is -0.628. The number of hydrogen-bond acceptors (Lipinski definition) is 5. The highest BCUT2D eigenvalue weighted by Gasteiger charge is 2.18. The molecule has 0 aromatic carbocycles. The molecule has 0 saturated carbocycles. The van der Waals surface area contributed by atoms with Crippen LogP contribution in [0.4, 0.5) is 0 Å². The van der Waals surface area contributed by atoms with Gasteiger partial charge in [0.25, 0.3) is 0 Å². The number of carbonyl (C=O) groups is 2. The number of rotatable bonds is 56. The fourth-order valence-corrected chi connectivity index (χ4v) is 9.32. The number of ether oxygens (including phenoxy) is 1. The molecule has 0 heterocycles. The highest BCUT2D eigenvalue weighted by atomic mass is 16.5.